The molecule has 2 rings (SSSR count). The van der Waals surface area contributed by atoms with Gasteiger partial charge in [0.05, 0.1) is 0 Å². The van der Waals surface area contributed by atoms with Crippen LogP contribution in [-0.4, -0.2) is 34.1 Å². The first-order valence-corrected chi connectivity index (χ1v) is 5.51. The van der Waals surface area contributed by atoms with Crippen molar-refractivity contribution in [2.75, 3.05) is 18.0 Å². The van der Waals surface area contributed by atoms with E-state index >= 15 is 0 Å². The highest BCUT2D eigenvalue weighted by Gasteiger charge is 2.26. The SMILES string of the molecule is CCC1CCN(c2nccnc2C(=O)O)C1. The summed E-state index contributed by atoms with van der Waals surface area (Å²) in [6.45, 7) is 3.91. The Balaban J connectivity index is 2.24. The second-order valence-corrected chi connectivity index (χ2v) is 4.04. The van der Waals surface area contributed by atoms with Crippen molar-refractivity contribution in [2.24, 2.45) is 5.92 Å². The van der Waals surface area contributed by atoms with Crippen molar-refractivity contribution in [3.8, 4) is 0 Å². The van der Waals surface area contributed by atoms with Crippen molar-refractivity contribution in [2.45, 2.75) is 19.8 Å². The number of carbonyl (C=O) groups is 1. The Bertz CT molecular complexity index is 395. The fourth-order valence-electron chi connectivity index (χ4n) is 2.07. The lowest BCUT2D eigenvalue weighted by Gasteiger charge is -2.18. The Labute approximate surface area is 94.1 Å². The van der Waals surface area contributed by atoms with E-state index in [1.165, 1.54) is 6.20 Å². The van der Waals surface area contributed by atoms with Crippen LogP contribution in [0.5, 0.6) is 0 Å². The third-order valence-electron chi connectivity index (χ3n) is 3.04. The summed E-state index contributed by atoms with van der Waals surface area (Å²) in [5.41, 5.74) is 0.0549. The van der Waals surface area contributed by atoms with Crippen LogP contribution < -0.4 is 4.90 Å². The van der Waals surface area contributed by atoms with Crippen LogP contribution in [0, 0.1) is 5.92 Å². The van der Waals surface area contributed by atoms with Crippen LogP contribution in [0.1, 0.15) is 30.3 Å². The summed E-state index contributed by atoms with van der Waals surface area (Å²) in [4.78, 5) is 21.0. The lowest BCUT2D eigenvalue weighted by atomic mass is 10.1. The topological polar surface area (TPSA) is 66.3 Å². The number of carboxylic acids is 1. The standard InChI is InChI=1S/C11H15N3O2/c1-2-8-3-6-14(7-8)10-9(11(15)16)12-4-5-13-10/h4-5,8H,2-3,6-7H2,1H3,(H,15,16). The van der Waals surface area contributed by atoms with Crippen LogP contribution in [0.4, 0.5) is 5.82 Å². The number of hydrogen-bond acceptors (Lipinski definition) is 4. The molecule has 5 nitrogen and oxygen atoms in total. The smallest absolute Gasteiger partial charge is 0.358 e. The van der Waals surface area contributed by atoms with Crippen molar-refractivity contribution in [1.82, 2.24) is 9.97 Å². The highest BCUT2D eigenvalue weighted by Crippen LogP contribution is 2.25. The minimum Gasteiger partial charge on any atom is -0.476 e. The summed E-state index contributed by atoms with van der Waals surface area (Å²) < 4.78 is 0. The Hall–Kier alpha value is -1.65. The molecule has 1 saturated heterocycles. The largest absolute Gasteiger partial charge is 0.476 e. The molecule has 1 fully saturated rings. The molecule has 0 spiro atoms. The average molecular weight is 221 g/mol. The van der Waals surface area contributed by atoms with E-state index in [0.29, 0.717) is 11.7 Å². The van der Waals surface area contributed by atoms with Gasteiger partial charge < -0.3 is 10.0 Å². The molecule has 0 radical (unpaired) electrons. The number of nitrogens with zero attached hydrogens (tertiary/aromatic N) is 3. The molecule has 1 unspecified atom stereocenters. The van der Waals surface area contributed by atoms with Crippen LogP contribution in [-0.2, 0) is 0 Å². The maximum Gasteiger partial charge on any atom is 0.358 e. The first kappa shape index (κ1) is 10.9. The molecule has 1 N–H and O–H groups in total. The Morgan fingerprint density at radius 1 is 1.56 bits per heavy atom. The quantitative estimate of drug-likeness (QED) is 0.836. The highest BCUT2D eigenvalue weighted by atomic mass is 16.4. The van der Waals surface area contributed by atoms with Gasteiger partial charge in [-0.25, -0.2) is 14.8 Å². The van der Waals surface area contributed by atoms with Crippen molar-refractivity contribution in [3.63, 3.8) is 0 Å². The first-order chi connectivity index (χ1) is 7.72. The van der Waals surface area contributed by atoms with Gasteiger partial charge in [-0.15, -0.1) is 0 Å². The van der Waals surface area contributed by atoms with E-state index in [4.69, 9.17) is 5.11 Å². The van der Waals surface area contributed by atoms with Crippen LogP contribution in [0.15, 0.2) is 12.4 Å². The minimum atomic E-state index is -1.01. The zero-order valence-electron chi connectivity index (χ0n) is 9.26. The number of aromatic carboxylic acids is 1. The Morgan fingerprint density at radius 2 is 2.31 bits per heavy atom. The normalized spacial score (nSPS) is 20.1. The summed E-state index contributed by atoms with van der Waals surface area (Å²) in [5, 5.41) is 9.02. The summed E-state index contributed by atoms with van der Waals surface area (Å²) in [7, 11) is 0. The molecular formula is C11H15N3O2. The van der Waals surface area contributed by atoms with Gasteiger partial charge in [0.1, 0.15) is 0 Å². The van der Waals surface area contributed by atoms with E-state index in [9.17, 15) is 4.79 Å². The fourth-order valence-corrected chi connectivity index (χ4v) is 2.07. The number of carboxylic acid groups (broad SMARTS) is 1. The molecule has 5 heteroatoms. The fraction of sp³-hybridized carbons (Fsp3) is 0.545. The van der Waals surface area contributed by atoms with Gasteiger partial charge >= 0.3 is 5.97 Å². The van der Waals surface area contributed by atoms with E-state index in [0.717, 1.165) is 25.9 Å². The van der Waals surface area contributed by atoms with Crippen LogP contribution in [0.25, 0.3) is 0 Å². The van der Waals surface area contributed by atoms with Gasteiger partial charge in [0.25, 0.3) is 0 Å². The zero-order chi connectivity index (χ0) is 11.5. The number of rotatable bonds is 3. The van der Waals surface area contributed by atoms with E-state index in [2.05, 4.69) is 16.9 Å². The van der Waals surface area contributed by atoms with Crippen molar-refractivity contribution < 1.29 is 9.90 Å². The Morgan fingerprint density at radius 3 is 2.94 bits per heavy atom. The summed E-state index contributed by atoms with van der Waals surface area (Å²) in [6.07, 6.45) is 5.19. The number of aromatic nitrogens is 2. The summed E-state index contributed by atoms with van der Waals surface area (Å²) in [5.74, 6) is 0.137. The zero-order valence-corrected chi connectivity index (χ0v) is 9.26. The third kappa shape index (κ3) is 1.98. The summed E-state index contributed by atoms with van der Waals surface area (Å²) >= 11 is 0. The lowest BCUT2D eigenvalue weighted by Crippen LogP contribution is -2.24. The molecule has 1 aromatic heterocycles. The van der Waals surface area contributed by atoms with Crippen LogP contribution in [0.2, 0.25) is 0 Å². The van der Waals surface area contributed by atoms with Crippen molar-refractivity contribution in [1.29, 1.82) is 0 Å². The highest BCUT2D eigenvalue weighted by molar-refractivity contribution is 5.90. The monoisotopic (exact) mass is 221 g/mol. The molecule has 1 aliphatic heterocycles. The van der Waals surface area contributed by atoms with Gasteiger partial charge in [-0.2, -0.15) is 0 Å². The van der Waals surface area contributed by atoms with Crippen LogP contribution in [0.3, 0.4) is 0 Å². The summed E-state index contributed by atoms with van der Waals surface area (Å²) in [6, 6.07) is 0. The van der Waals surface area contributed by atoms with E-state index in [1.54, 1.807) is 6.20 Å². The first-order valence-electron chi connectivity index (χ1n) is 5.51. The molecule has 1 aliphatic rings. The third-order valence-corrected chi connectivity index (χ3v) is 3.04. The van der Waals surface area contributed by atoms with Gasteiger partial charge in [-0.3, -0.25) is 0 Å². The van der Waals surface area contributed by atoms with Gasteiger partial charge in [0, 0.05) is 25.5 Å². The van der Waals surface area contributed by atoms with Gasteiger partial charge in [0.15, 0.2) is 11.5 Å². The molecule has 0 aliphatic carbocycles. The molecule has 2 heterocycles. The molecule has 0 saturated carbocycles. The Kier molecular flexibility index (Phi) is 3.03. The number of anilines is 1. The second kappa shape index (κ2) is 4.47. The van der Waals surface area contributed by atoms with Gasteiger partial charge in [0.2, 0.25) is 0 Å². The van der Waals surface area contributed by atoms with Crippen molar-refractivity contribution >= 4 is 11.8 Å². The predicted molar refractivity (Wildman–Crippen MR) is 59.6 cm³/mol. The van der Waals surface area contributed by atoms with Crippen molar-refractivity contribution in [3.05, 3.63) is 18.1 Å². The maximum absolute atomic E-state index is 11.0. The molecular weight excluding hydrogens is 206 g/mol. The molecule has 86 valence electrons. The van der Waals surface area contributed by atoms with E-state index in [1.807, 2.05) is 4.90 Å². The van der Waals surface area contributed by atoms with Gasteiger partial charge in [-0.05, 0) is 12.3 Å². The predicted octanol–water partition coefficient (Wildman–Crippen LogP) is 1.41. The molecule has 16 heavy (non-hydrogen) atoms. The molecule has 0 bridgehead atoms. The van der Waals surface area contributed by atoms with E-state index in [-0.39, 0.29) is 5.69 Å². The van der Waals surface area contributed by atoms with Gasteiger partial charge in [-0.1, -0.05) is 13.3 Å². The average Bonchev–Trinajstić information content (AvgIpc) is 2.77. The molecule has 0 aromatic carbocycles. The maximum atomic E-state index is 11.0. The molecule has 0 amide bonds. The number of hydrogen-bond donors (Lipinski definition) is 1. The molecule has 1 aromatic rings. The van der Waals surface area contributed by atoms with Crippen LogP contribution >= 0.6 is 0 Å². The lowest BCUT2D eigenvalue weighted by molar-refractivity contribution is 0.0691. The minimum absolute atomic E-state index is 0.0549. The van der Waals surface area contributed by atoms with E-state index < -0.39 is 5.97 Å². The second-order valence-electron chi connectivity index (χ2n) is 4.04. The molecule has 1 atom stereocenters.